The van der Waals surface area contributed by atoms with Crippen molar-refractivity contribution in [2.45, 2.75) is 71.6 Å². The Morgan fingerprint density at radius 1 is 1.27 bits per heavy atom. The van der Waals surface area contributed by atoms with Crippen LogP contribution in [-0.4, -0.2) is 24.3 Å². The Kier molecular flexibility index (Phi) is 10.2. The molecule has 1 aliphatic rings. The summed E-state index contributed by atoms with van der Waals surface area (Å²) in [6.07, 6.45) is 15.8. The normalized spacial score (nSPS) is 19.2. The van der Waals surface area contributed by atoms with Gasteiger partial charge in [0.2, 0.25) is 0 Å². The maximum atomic E-state index is 11.6. The van der Waals surface area contributed by atoms with Gasteiger partial charge in [-0.05, 0) is 31.1 Å². The number of rotatable bonds is 10. The highest BCUT2D eigenvalue weighted by Crippen LogP contribution is 2.33. The van der Waals surface area contributed by atoms with E-state index in [1.54, 1.807) is 0 Å². The van der Waals surface area contributed by atoms with E-state index < -0.39 is 0 Å². The monoisotopic (exact) mass is 310 g/mol. The van der Waals surface area contributed by atoms with E-state index in [-0.39, 0.29) is 25.1 Å². The molecule has 1 saturated carbocycles. The van der Waals surface area contributed by atoms with Crippen LogP contribution in [0.1, 0.15) is 71.6 Å². The van der Waals surface area contributed by atoms with Crippen molar-refractivity contribution in [2.75, 3.05) is 13.2 Å². The number of aliphatic hydroxyl groups is 1. The van der Waals surface area contributed by atoms with Crippen LogP contribution in [0.3, 0.4) is 0 Å². The molecule has 0 aromatic heterocycles. The van der Waals surface area contributed by atoms with Gasteiger partial charge in [0, 0.05) is 0 Å². The lowest BCUT2D eigenvalue weighted by Gasteiger charge is -2.28. The average molecular weight is 310 g/mol. The van der Waals surface area contributed by atoms with E-state index in [4.69, 9.17) is 9.84 Å². The van der Waals surface area contributed by atoms with E-state index in [0.717, 1.165) is 24.7 Å². The second-order valence-corrected chi connectivity index (χ2v) is 6.64. The number of aliphatic hydroxyl groups excluding tert-OH is 1. The molecule has 0 amide bonds. The highest BCUT2D eigenvalue weighted by Gasteiger charge is 2.21. The summed E-state index contributed by atoms with van der Waals surface area (Å²) in [6.45, 7) is 4.22. The van der Waals surface area contributed by atoms with Gasteiger partial charge in [-0.3, -0.25) is 4.79 Å². The van der Waals surface area contributed by atoms with Crippen LogP contribution >= 0.6 is 0 Å². The summed E-state index contributed by atoms with van der Waals surface area (Å²) in [7, 11) is 0. The third kappa shape index (κ3) is 7.44. The number of hydrogen-bond acceptors (Lipinski definition) is 3. The van der Waals surface area contributed by atoms with Crippen LogP contribution in [0.15, 0.2) is 12.2 Å². The zero-order valence-electron chi connectivity index (χ0n) is 14.4. The third-order valence-corrected chi connectivity index (χ3v) is 4.95. The Bertz CT molecular complexity index is 319. The number of hydrogen-bond donors (Lipinski definition) is 1. The zero-order valence-corrected chi connectivity index (χ0v) is 14.4. The van der Waals surface area contributed by atoms with E-state index in [1.165, 1.54) is 44.9 Å². The number of carbonyl (C=O) groups is 1. The molecule has 0 radical (unpaired) electrons. The Morgan fingerprint density at radius 2 is 2.00 bits per heavy atom. The highest BCUT2D eigenvalue weighted by atomic mass is 16.5. The first-order valence-electron chi connectivity index (χ1n) is 9.11. The first-order chi connectivity index (χ1) is 10.7. The van der Waals surface area contributed by atoms with Gasteiger partial charge < -0.3 is 9.84 Å². The molecule has 2 atom stereocenters. The largest absolute Gasteiger partial charge is 0.463 e. The van der Waals surface area contributed by atoms with Crippen molar-refractivity contribution >= 4 is 5.97 Å². The Labute approximate surface area is 136 Å². The van der Waals surface area contributed by atoms with E-state index in [0.29, 0.717) is 0 Å². The van der Waals surface area contributed by atoms with Crippen LogP contribution in [0, 0.1) is 17.8 Å². The van der Waals surface area contributed by atoms with E-state index >= 15 is 0 Å². The second kappa shape index (κ2) is 11.7. The number of allylic oxidation sites excluding steroid dienone is 2. The average Bonchev–Trinajstić information content (AvgIpc) is 2.56. The van der Waals surface area contributed by atoms with Crippen molar-refractivity contribution < 1.29 is 14.6 Å². The maximum absolute atomic E-state index is 11.6. The van der Waals surface area contributed by atoms with Crippen LogP contribution in [0.25, 0.3) is 0 Å². The molecule has 3 nitrogen and oxygen atoms in total. The summed E-state index contributed by atoms with van der Waals surface area (Å²) in [6, 6.07) is 0. The first kappa shape index (κ1) is 19.2. The fraction of sp³-hybridized carbons (Fsp3) is 0.842. The van der Waals surface area contributed by atoms with Crippen LogP contribution in [0.5, 0.6) is 0 Å². The molecule has 1 fully saturated rings. The fourth-order valence-electron chi connectivity index (χ4n) is 3.44. The lowest BCUT2D eigenvalue weighted by atomic mass is 9.77. The Balaban J connectivity index is 2.19. The Morgan fingerprint density at radius 3 is 2.64 bits per heavy atom. The second-order valence-electron chi connectivity index (χ2n) is 6.64. The molecule has 1 aliphatic carbocycles. The molecular weight excluding hydrogens is 276 g/mol. The third-order valence-electron chi connectivity index (χ3n) is 4.95. The summed E-state index contributed by atoms with van der Waals surface area (Å²) >= 11 is 0. The molecule has 1 rings (SSSR count). The van der Waals surface area contributed by atoms with Gasteiger partial charge in [0.15, 0.2) is 0 Å². The van der Waals surface area contributed by atoms with Gasteiger partial charge in [-0.1, -0.05) is 64.5 Å². The molecule has 2 unspecified atom stereocenters. The fourth-order valence-corrected chi connectivity index (χ4v) is 3.44. The number of carbonyl (C=O) groups excluding carboxylic acids is 1. The van der Waals surface area contributed by atoms with Crippen LogP contribution in [-0.2, 0) is 9.53 Å². The molecule has 0 saturated heterocycles. The van der Waals surface area contributed by atoms with Gasteiger partial charge >= 0.3 is 5.97 Å². The molecule has 128 valence electrons. The molecule has 0 aromatic carbocycles. The van der Waals surface area contributed by atoms with Crippen molar-refractivity contribution in [3.63, 3.8) is 0 Å². The van der Waals surface area contributed by atoms with Crippen molar-refractivity contribution in [1.29, 1.82) is 0 Å². The van der Waals surface area contributed by atoms with Crippen LogP contribution in [0.4, 0.5) is 0 Å². The smallest absolute Gasteiger partial charge is 0.308 e. The van der Waals surface area contributed by atoms with Crippen molar-refractivity contribution in [2.24, 2.45) is 17.8 Å². The quantitative estimate of drug-likeness (QED) is 0.477. The standard InChI is InChI=1S/C19H34O3/c1-3-17(18-12-8-5-9-13-18)11-7-4-6-10-16(2)19(21)22-15-14-20/h4,7,16-18,20H,3,5-6,8-15H2,1-2H3. The molecule has 0 aliphatic heterocycles. The van der Waals surface area contributed by atoms with Gasteiger partial charge in [0.05, 0.1) is 12.5 Å². The predicted molar refractivity (Wildman–Crippen MR) is 90.6 cm³/mol. The predicted octanol–water partition coefficient (Wildman–Crippen LogP) is 4.49. The summed E-state index contributed by atoms with van der Waals surface area (Å²) < 4.78 is 4.93. The van der Waals surface area contributed by atoms with Gasteiger partial charge in [0.1, 0.15) is 6.61 Å². The van der Waals surface area contributed by atoms with Crippen molar-refractivity contribution in [3.05, 3.63) is 12.2 Å². The highest BCUT2D eigenvalue weighted by molar-refractivity contribution is 5.71. The molecule has 22 heavy (non-hydrogen) atoms. The summed E-state index contributed by atoms with van der Waals surface area (Å²) in [4.78, 5) is 11.6. The number of esters is 1. The minimum atomic E-state index is -0.198. The van der Waals surface area contributed by atoms with E-state index in [1.807, 2.05) is 6.92 Å². The lowest BCUT2D eigenvalue weighted by Crippen LogP contribution is -2.17. The first-order valence-corrected chi connectivity index (χ1v) is 9.11. The van der Waals surface area contributed by atoms with Crippen LogP contribution in [0.2, 0.25) is 0 Å². The molecule has 0 heterocycles. The summed E-state index contributed by atoms with van der Waals surface area (Å²) in [5.41, 5.74) is 0. The van der Waals surface area contributed by atoms with Gasteiger partial charge in [-0.25, -0.2) is 0 Å². The van der Waals surface area contributed by atoms with Gasteiger partial charge in [-0.15, -0.1) is 0 Å². The summed E-state index contributed by atoms with van der Waals surface area (Å²) in [5, 5.41) is 8.64. The molecule has 0 aromatic rings. The molecule has 3 heteroatoms. The number of ether oxygens (including phenoxy) is 1. The SMILES string of the molecule is CCC(CC=CCCC(C)C(=O)OCCO)C1CCCCC1. The van der Waals surface area contributed by atoms with Crippen LogP contribution < -0.4 is 0 Å². The van der Waals surface area contributed by atoms with Crippen molar-refractivity contribution in [3.8, 4) is 0 Å². The molecule has 0 spiro atoms. The lowest BCUT2D eigenvalue weighted by molar-refractivity contribution is -0.149. The molecular formula is C19H34O3. The van der Waals surface area contributed by atoms with Crippen molar-refractivity contribution in [1.82, 2.24) is 0 Å². The zero-order chi connectivity index (χ0) is 16.2. The van der Waals surface area contributed by atoms with E-state index in [9.17, 15) is 4.79 Å². The molecule has 0 bridgehead atoms. The Hall–Kier alpha value is -0.830. The topological polar surface area (TPSA) is 46.5 Å². The minimum Gasteiger partial charge on any atom is -0.463 e. The maximum Gasteiger partial charge on any atom is 0.308 e. The summed E-state index contributed by atoms with van der Waals surface area (Å²) in [5.74, 6) is 1.48. The van der Waals surface area contributed by atoms with Gasteiger partial charge in [-0.2, -0.15) is 0 Å². The van der Waals surface area contributed by atoms with E-state index in [2.05, 4.69) is 19.1 Å². The van der Waals surface area contributed by atoms with Gasteiger partial charge in [0.25, 0.3) is 0 Å². The molecule has 1 N–H and O–H groups in total. The minimum absolute atomic E-state index is 0.0866.